The standard InChI is InChI=1S/C19H26N2O3S/c1-2-12-7-9-13(10-8-12)11-20-18(24)16(22)17(23)19-21-14-5-3-4-6-15(14)25-19/h3-6,12-13,16-17,22-23H,2,7-11H2,1H3,(H,20,24)/t12?,13?,16-,17+/m0/s1. The van der Waals surface area contributed by atoms with Gasteiger partial charge in [0.05, 0.1) is 10.2 Å². The second-order valence-electron chi connectivity index (χ2n) is 6.95. The van der Waals surface area contributed by atoms with Gasteiger partial charge in [-0.1, -0.05) is 38.3 Å². The Bertz CT molecular complexity index is 677. The predicted octanol–water partition coefficient (Wildman–Crippen LogP) is 3.02. The molecule has 1 aromatic heterocycles. The zero-order valence-corrected chi connectivity index (χ0v) is 15.3. The van der Waals surface area contributed by atoms with Gasteiger partial charge in [0.15, 0.2) is 6.10 Å². The number of hydrogen-bond acceptors (Lipinski definition) is 5. The maximum atomic E-state index is 12.2. The molecule has 3 rings (SSSR count). The first-order valence-corrected chi connectivity index (χ1v) is 9.89. The number of aromatic nitrogens is 1. The smallest absolute Gasteiger partial charge is 0.252 e. The molecule has 2 atom stereocenters. The van der Waals surface area contributed by atoms with Gasteiger partial charge in [0, 0.05) is 6.54 Å². The molecule has 1 amide bonds. The molecule has 0 radical (unpaired) electrons. The molecule has 3 N–H and O–H groups in total. The van der Waals surface area contributed by atoms with E-state index >= 15 is 0 Å². The second-order valence-corrected chi connectivity index (χ2v) is 8.01. The molecule has 1 saturated carbocycles. The number of benzene rings is 1. The van der Waals surface area contributed by atoms with E-state index in [0.717, 1.165) is 29.0 Å². The lowest BCUT2D eigenvalue weighted by Crippen LogP contribution is -2.41. The van der Waals surface area contributed by atoms with Crippen LogP contribution in [0.3, 0.4) is 0 Å². The third kappa shape index (κ3) is 4.37. The molecular weight excluding hydrogens is 336 g/mol. The van der Waals surface area contributed by atoms with Gasteiger partial charge in [-0.3, -0.25) is 4.79 Å². The lowest BCUT2D eigenvalue weighted by atomic mass is 9.81. The normalized spacial score (nSPS) is 23.3. The highest BCUT2D eigenvalue weighted by molar-refractivity contribution is 7.18. The minimum absolute atomic E-state index is 0.368. The van der Waals surface area contributed by atoms with Gasteiger partial charge in [-0.2, -0.15) is 0 Å². The SMILES string of the molecule is CCC1CCC(CNC(=O)[C@@H](O)[C@@H](O)c2nc3ccccc3s2)CC1. The summed E-state index contributed by atoms with van der Waals surface area (Å²) in [5.74, 6) is 0.765. The maximum Gasteiger partial charge on any atom is 0.252 e. The van der Waals surface area contributed by atoms with Gasteiger partial charge in [0.2, 0.25) is 0 Å². The number of para-hydroxylation sites is 1. The molecule has 1 aliphatic rings. The van der Waals surface area contributed by atoms with Crippen LogP contribution in [0.15, 0.2) is 24.3 Å². The van der Waals surface area contributed by atoms with Gasteiger partial charge in [0.1, 0.15) is 11.1 Å². The largest absolute Gasteiger partial charge is 0.383 e. The van der Waals surface area contributed by atoms with Crippen molar-refractivity contribution in [3.63, 3.8) is 0 Å². The zero-order valence-electron chi connectivity index (χ0n) is 14.5. The molecule has 0 bridgehead atoms. The molecule has 0 spiro atoms. The van der Waals surface area contributed by atoms with Crippen LogP contribution in [0, 0.1) is 11.8 Å². The minimum Gasteiger partial charge on any atom is -0.383 e. The molecule has 1 heterocycles. The van der Waals surface area contributed by atoms with E-state index in [-0.39, 0.29) is 0 Å². The Kier molecular flexibility index (Phi) is 6.04. The van der Waals surface area contributed by atoms with E-state index in [2.05, 4.69) is 17.2 Å². The Hall–Kier alpha value is -1.50. The van der Waals surface area contributed by atoms with E-state index < -0.39 is 18.1 Å². The van der Waals surface area contributed by atoms with Crippen molar-refractivity contribution in [3.8, 4) is 0 Å². The first kappa shape index (κ1) is 18.3. The average molecular weight is 362 g/mol. The average Bonchev–Trinajstić information content (AvgIpc) is 3.09. The summed E-state index contributed by atoms with van der Waals surface area (Å²) in [7, 11) is 0. The summed E-state index contributed by atoms with van der Waals surface area (Å²) in [5, 5.41) is 23.6. The molecule has 1 aromatic carbocycles. The number of rotatable bonds is 6. The molecule has 136 valence electrons. The number of carbonyl (C=O) groups is 1. The maximum absolute atomic E-state index is 12.2. The number of hydrogen-bond donors (Lipinski definition) is 3. The van der Waals surface area contributed by atoms with Crippen molar-refractivity contribution in [2.75, 3.05) is 6.54 Å². The van der Waals surface area contributed by atoms with Crippen molar-refractivity contribution in [2.45, 2.75) is 51.2 Å². The Balaban J connectivity index is 1.53. The number of amides is 1. The monoisotopic (exact) mass is 362 g/mol. The quantitative estimate of drug-likeness (QED) is 0.738. The van der Waals surface area contributed by atoms with Gasteiger partial charge in [-0.15, -0.1) is 11.3 Å². The van der Waals surface area contributed by atoms with Crippen molar-refractivity contribution >= 4 is 27.5 Å². The lowest BCUT2D eigenvalue weighted by molar-refractivity contribution is -0.135. The van der Waals surface area contributed by atoms with Crippen molar-refractivity contribution in [2.24, 2.45) is 11.8 Å². The van der Waals surface area contributed by atoms with Gasteiger partial charge < -0.3 is 15.5 Å². The number of carbonyl (C=O) groups excluding carboxylic acids is 1. The zero-order chi connectivity index (χ0) is 17.8. The summed E-state index contributed by atoms with van der Waals surface area (Å²) in [6.07, 6.45) is 3.11. The third-order valence-corrected chi connectivity index (χ3v) is 6.35. The van der Waals surface area contributed by atoms with Crippen LogP contribution in [-0.2, 0) is 4.79 Å². The Morgan fingerprint density at radius 1 is 1.24 bits per heavy atom. The van der Waals surface area contributed by atoms with Crippen LogP contribution in [0.5, 0.6) is 0 Å². The summed E-state index contributed by atoms with van der Waals surface area (Å²) >= 11 is 1.30. The molecule has 0 unspecified atom stereocenters. The van der Waals surface area contributed by atoms with Crippen LogP contribution >= 0.6 is 11.3 Å². The van der Waals surface area contributed by atoms with Gasteiger partial charge in [-0.25, -0.2) is 4.98 Å². The number of nitrogens with zero attached hydrogens (tertiary/aromatic N) is 1. The van der Waals surface area contributed by atoms with Crippen LogP contribution in [0.4, 0.5) is 0 Å². The first-order valence-electron chi connectivity index (χ1n) is 9.07. The molecule has 2 aromatic rings. The van der Waals surface area contributed by atoms with Crippen LogP contribution in [0.2, 0.25) is 0 Å². The topological polar surface area (TPSA) is 82.5 Å². The van der Waals surface area contributed by atoms with Gasteiger partial charge in [0.25, 0.3) is 5.91 Å². The van der Waals surface area contributed by atoms with Crippen LogP contribution < -0.4 is 5.32 Å². The first-order chi connectivity index (χ1) is 12.1. The molecule has 5 nitrogen and oxygen atoms in total. The fourth-order valence-corrected chi connectivity index (χ4v) is 4.47. The van der Waals surface area contributed by atoms with Gasteiger partial charge >= 0.3 is 0 Å². The Morgan fingerprint density at radius 3 is 2.60 bits per heavy atom. The van der Waals surface area contributed by atoms with Crippen LogP contribution in [-0.4, -0.2) is 33.8 Å². The molecule has 0 saturated heterocycles. The fourth-order valence-electron chi connectivity index (χ4n) is 3.49. The number of thiazole rings is 1. The van der Waals surface area contributed by atoms with Crippen molar-refractivity contribution in [1.29, 1.82) is 0 Å². The van der Waals surface area contributed by atoms with E-state index in [4.69, 9.17) is 0 Å². The summed E-state index contributed by atoms with van der Waals surface area (Å²) in [6.45, 7) is 2.80. The number of aliphatic hydroxyl groups excluding tert-OH is 2. The highest BCUT2D eigenvalue weighted by Crippen LogP contribution is 2.30. The van der Waals surface area contributed by atoms with E-state index in [1.54, 1.807) is 0 Å². The Morgan fingerprint density at radius 2 is 1.92 bits per heavy atom. The Labute approximate surface area is 152 Å². The van der Waals surface area contributed by atoms with Gasteiger partial charge in [-0.05, 0) is 36.8 Å². The van der Waals surface area contributed by atoms with Crippen LogP contribution in [0.25, 0.3) is 10.2 Å². The number of fused-ring (bicyclic) bond motifs is 1. The highest BCUT2D eigenvalue weighted by Gasteiger charge is 2.29. The molecule has 6 heteroatoms. The van der Waals surface area contributed by atoms with Crippen molar-refractivity contribution < 1.29 is 15.0 Å². The molecule has 0 aliphatic heterocycles. The van der Waals surface area contributed by atoms with Crippen LogP contribution in [0.1, 0.15) is 50.1 Å². The fraction of sp³-hybridized carbons (Fsp3) is 0.579. The third-order valence-electron chi connectivity index (χ3n) is 5.24. The molecule has 1 aliphatic carbocycles. The molecular formula is C19H26N2O3S. The lowest BCUT2D eigenvalue weighted by Gasteiger charge is -2.28. The van der Waals surface area contributed by atoms with Crippen molar-refractivity contribution in [3.05, 3.63) is 29.3 Å². The molecule has 25 heavy (non-hydrogen) atoms. The summed E-state index contributed by atoms with van der Waals surface area (Å²) < 4.78 is 0.928. The summed E-state index contributed by atoms with van der Waals surface area (Å²) in [4.78, 5) is 16.5. The van der Waals surface area contributed by atoms with Crippen molar-refractivity contribution in [1.82, 2.24) is 10.3 Å². The van der Waals surface area contributed by atoms with E-state index in [9.17, 15) is 15.0 Å². The van der Waals surface area contributed by atoms with E-state index in [1.807, 2.05) is 24.3 Å². The second kappa shape index (κ2) is 8.25. The minimum atomic E-state index is -1.49. The number of nitrogens with one attached hydrogen (secondary N) is 1. The predicted molar refractivity (Wildman–Crippen MR) is 99.3 cm³/mol. The highest BCUT2D eigenvalue weighted by atomic mass is 32.1. The molecule has 1 fully saturated rings. The van der Waals surface area contributed by atoms with E-state index in [0.29, 0.717) is 17.5 Å². The van der Waals surface area contributed by atoms with E-state index in [1.165, 1.54) is 30.6 Å². The summed E-state index contributed by atoms with van der Waals surface area (Å²) in [5.41, 5.74) is 0.766. The number of aliphatic hydroxyl groups is 2. The summed E-state index contributed by atoms with van der Waals surface area (Å²) in [6, 6.07) is 7.52.